The maximum atomic E-state index is 5.93. The lowest BCUT2D eigenvalue weighted by Gasteiger charge is -2.10. The van der Waals surface area contributed by atoms with Gasteiger partial charge < -0.3 is 10.7 Å². The molecule has 0 fully saturated rings. The molecule has 0 amide bonds. The summed E-state index contributed by atoms with van der Waals surface area (Å²) in [5.74, 6) is 0.782. The Morgan fingerprint density at radius 1 is 1.18 bits per heavy atom. The van der Waals surface area contributed by atoms with E-state index in [2.05, 4.69) is 36.2 Å². The van der Waals surface area contributed by atoms with Crippen LogP contribution >= 0.6 is 0 Å². The van der Waals surface area contributed by atoms with Crippen molar-refractivity contribution in [3.63, 3.8) is 0 Å². The first kappa shape index (κ1) is 11.8. The highest BCUT2D eigenvalue weighted by Gasteiger charge is 2.10. The van der Waals surface area contributed by atoms with Gasteiger partial charge in [0, 0.05) is 16.5 Å². The summed E-state index contributed by atoms with van der Waals surface area (Å²) in [6.07, 6.45) is 6.72. The Labute approximate surface area is 103 Å². The molecule has 0 saturated carbocycles. The van der Waals surface area contributed by atoms with Crippen LogP contribution in [0.5, 0.6) is 0 Å². The Balaban J connectivity index is 0.000000514. The average molecular weight is 228 g/mol. The fraction of sp³-hybridized carbons (Fsp3) is 0.333. The first-order chi connectivity index (χ1) is 8.25. The first-order valence-electron chi connectivity index (χ1n) is 6.33. The molecule has 0 saturated heterocycles. The molecule has 0 atom stereocenters. The molecule has 2 heteroatoms. The molecule has 0 aliphatic heterocycles. The Morgan fingerprint density at radius 2 is 1.94 bits per heavy atom. The lowest BCUT2D eigenvalue weighted by atomic mass is 9.94. The molecule has 1 aliphatic rings. The zero-order valence-electron chi connectivity index (χ0n) is 10.8. The SMILES string of the molecule is CC.Cc1[nH]c(N)c2cc3c(cc12)CCC=C3. The highest BCUT2D eigenvalue weighted by molar-refractivity contribution is 5.96. The van der Waals surface area contributed by atoms with Gasteiger partial charge in [0.05, 0.1) is 0 Å². The van der Waals surface area contributed by atoms with Crippen LogP contribution in [0.25, 0.3) is 16.8 Å². The van der Waals surface area contributed by atoms with Gasteiger partial charge in [-0.3, -0.25) is 0 Å². The smallest absolute Gasteiger partial charge is 0.108 e. The zero-order valence-corrected chi connectivity index (χ0v) is 10.8. The molecule has 0 spiro atoms. The topological polar surface area (TPSA) is 41.8 Å². The van der Waals surface area contributed by atoms with E-state index in [-0.39, 0.29) is 0 Å². The number of aryl methyl sites for hydroxylation is 2. The van der Waals surface area contributed by atoms with Crippen LogP contribution < -0.4 is 5.73 Å². The van der Waals surface area contributed by atoms with Crippen molar-refractivity contribution in [1.82, 2.24) is 4.98 Å². The van der Waals surface area contributed by atoms with Gasteiger partial charge >= 0.3 is 0 Å². The molecule has 2 aromatic rings. The van der Waals surface area contributed by atoms with Crippen molar-refractivity contribution in [2.75, 3.05) is 5.73 Å². The number of hydrogen-bond donors (Lipinski definition) is 2. The average Bonchev–Trinajstić information content (AvgIpc) is 2.65. The van der Waals surface area contributed by atoms with Crippen molar-refractivity contribution in [2.24, 2.45) is 0 Å². The van der Waals surface area contributed by atoms with Crippen molar-refractivity contribution in [1.29, 1.82) is 0 Å². The molecule has 3 rings (SSSR count). The number of nitrogens with two attached hydrogens (primary N) is 1. The molecule has 1 aromatic carbocycles. The van der Waals surface area contributed by atoms with Gasteiger partial charge in [-0.2, -0.15) is 0 Å². The second-order valence-corrected chi connectivity index (χ2v) is 4.20. The number of benzene rings is 1. The van der Waals surface area contributed by atoms with Crippen molar-refractivity contribution in [3.05, 3.63) is 35.0 Å². The Kier molecular flexibility index (Phi) is 3.23. The molecule has 1 aliphatic carbocycles. The van der Waals surface area contributed by atoms with Gasteiger partial charge in [-0.15, -0.1) is 0 Å². The summed E-state index contributed by atoms with van der Waals surface area (Å²) >= 11 is 0. The van der Waals surface area contributed by atoms with E-state index in [1.165, 1.54) is 22.2 Å². The van der Waals surface area contributed by atoms with Crippen LogP contribution in [0, 0.1) is 6.92 Å². The minimum Gasteiger partial charge on any atom is -0.385 e. The van der Waals surface area contributed by atoms with Crippen LogP contribution in [0.1, 0.15) is 37.1 Å². The van der Waals surface area contributed by atoms with Crippen molar-refractivity contribution in [2.45, 2.75) is 33.6 Å². The standard InChI is InChI=1S/C13H14N2.C2H6/c1-8-11-6-9-4-2-3-5-10(9)7-12(11)13(14)15-8;1-2/h3,5-7,15H,2,4,14H2,1H3;1-2H3. The molecule has 17 heavy (non-hydrogen) atoms. The molecular weight excluding hydrogens is 208 g/mol. The van der Waals surface area contributed by atoms with Crippen LogP contribution in [0.3, 0.4) is 0 Å². The molecule has 0 radical (unpaired) electrons. The van der Waals surface area contributed by atoms with E-state index in [1.807, 2.05) is 13.8 Å². The van der Waals surface area contributed by atoms with Crippen LogP contribution in [-0.2, 0) is 6.42 Å². The van der Waals surface area contributed by atoms with E-state index in [0.717, 1.165) is 24.0 Å². The summed E-state index contributed by atoms with van der Waals surface area (Å²) < 4.78 is 0. The molecule has 1 heterocycles. The van der Waals surface area contributed by atoms with Crippen molar-refractivity contribution < 1.29 is 0 Å². The van der Waals surface area contributed by atoms with Gasteiger partial charge in [-0.1, -0.05) is 26.0 Å². The van der Waals surface area contributed by atoms with Gasteiger partial charge in [-0.25, -0.2) is 0 Å². The third kappa shape index (κ3) is 1.95. The van der Waals surface area contributed by atoms with E-state index in [9.17, 15) is 0 Å². The number of H-pyrrole nitrogens is 1. The Hall–Kier alpha value is -1.70. The third-order valence-corrected chi connectivity index (χ3v) is 3.17. The summed E-state index contributed by atoms with van der Waals surface area (Å²) in [6, 6.07) is 4.47. The molecule has 0 unspecified atom stereocenters. The fourth-order valence-electron chi connectivity index (χ4n) is 2.35. The van der Waals surface area contributed by atoms with E-state index in [0.29, 0.717) is 0 Å². The number of fused-ring (bicyclic) bond motifs is 2. The second kappa shape index (κ2) is 4.66. The monoisotopic (exact) mass is 228 g/mol. The largest absolute Gasteiger partial charge is 0.385 e. The minimum atomic E-state index is 0.782. The summed E-state index contributed by atoms with van der Waals surface area (Å²) in [4.78, 5) is 3.19. The predicted octanol–water partition coefficient (Wildman–Crippen LogP) is 4.04. The number of rotatable bonds is 0. The second-order valence-electron chi connectivity index (χ2n) is 4.20. The Bertz CT molecular complexity index is 562. The van der Waals surface area contributed by atoms with E-state index in [4.69, 9.17) is 5.73 Å². The number of aromatic nitrogens is 1. The maximum absolute atomic E-state index is 5.93. The summed E-state index contributed by atoms with van der Waals surface area (Å²) in [6.45, 7) is 6.07. The molecule has 1 aromatic heterocycles. The van der Waals surface area contributed by atoms with Gasteiger partial charge in [0.2, 0.25) is 0 Å². The third-order valence-electron chi connectivity index (χ3n) is 3.17. The predicted molar refractivity (Wildman–Crippen MR) is 76.2 cm³/mol. The number of anilines is 1. The first-order valence-corrected chi connectivity index (χ1v) is 6.33. The van der Waals surface area contributed by atoms with Crippen molar-refractivity contribution in [3.8, 4) is 0 Å². The number of nitrogen functional groups attached to an aromatic ring is 1. The highest BCUT2D eigenvalue weighted by atomic mass is 14.9. The maximum Gasteiger partial charge on any atom is 0.108 e. The number of nitrogens with one attached hydrogen (secondary N) is 1. The lowest BCUT2D eigenvalue weighted by molar-refractivity contribution is 0.989. The van der Waals surface area contributed by atoms with Crippen LogP contribution in [0.15, 0.2) is 18.2 Å². The van der Waals surface area contributed by atoms with Crippen molar-refractivity contribution >= 4 is 22.7 Å². The Morgan fingerprint density at radius 3 is 2.71 bits per heavy atom. The zero-order chi connectivity index (χ0) is 12.4. The van der Waals surface area contributed by atoms with E-state index in [1.54, 1.807) is 0 Å². The van der Waals surface area contributed by atoms with Crippen LogP contribution in [-0.4, -0.2) is 4.98 Å². The minimum absolute atomic E-state index is 0.782. The van der Waals surface area contributed by atoms with Crippen LogP contribution in [0.4, 0.5) is 5.82 Å². The summed E-state index contributed by atoms with van der Waals surface area (Å²) in [7, 11) is 0. The normalized spacial score (nSPS) is 13.1. The lowest BCUT2D eigenvalue weighted by Crippen LogP contribution is -1.93. The number of allylic oxidation sites excluding steroid dienone is 1. The number of aromatic amines is 1. The summed E-state index contributed by atoms with van der Waals surface area (Å²) in [5.41, 5.74) is 9.85. The number of hydrogen-bond acceptors (Lipinski definition) is 1. The van der Waals surface area contributed by atoms with Gasteiger partial charge in [0.1, 0.15) is 5.82 Å². The molecule has 2 nitrogen and oxygen atoms in total. The van der Waals surface area contributed by atoms with Gasteiger partial charge in [0.15, 0.2) is 0 Å². The molecular formula is C15H20N2. The van der Waals surface area contributed by atoms with Gasteiger partial charge in [0.25, 0.3) is 0 Å². The molecule has 90 valence electrons. The van der Waals surface area contributed by atoms with E-state index < -0.39 is 0 Å². The quantitative estimate of drug-likeness (QED) is 0.702. The van der Waals surface area contributed by atoms with Gasteiger partial charge in [-0.05, 0) is 43.0 Å². The molecule has 0 bridgehead atoms. The van der Waals surface area contributed by atoms with E-state index >= 15 is 0 Å². The molecule has 3 N–H and O–H groups in total. The highest BCUT2D eigenvalue weighted by Crippen LogP contribution is 2.30. The fourth-order valence-corrected chi connectivity index (χ4v) is 2.35. The summed E-state index contributed by atoms with van der Waals surface area (Å²) in [5, 5.41) is 2.42. The van der Waals surface area contributed by atoms with Crippen LogP contribution in [0.2, 0.25) is 0 Å².